The van der Waals surface area contributed by atoms with Gasteiger partial charge < -0.3 is 10.2 Å². The SMILES string of the molecule is CCc1cc(C)cc(C=Nc2cccc3cccc(N=Cc4cc(C)cc(CC)c4O)c23)c1O. The minimum Gasteiger partial charge on any atom is -0.507 e. The maximum atomic E-state index is 10.6. The standard InChI is InChI=1S/C30H30N2O2/c1-5-21-13-19(3)15-24(29(21)33)17-31-26-11-7-9-23-10-8-12-27(28(23)26)32-18-25-16-20(4)14-22(6-2)30(25)34/h7-18,33-34H,5-6H2,1-4H3. The highest BCUT2D eigenvalue weighted by molar-refractivity contribution is 6.04. The molecule has 2 N–H and O–H groups in total. The smallest absolute Gasteiger partial charge is 0.127 e. The zero-order valence-electron chi connectivity index (χ0n) is 20.1. The third-order valence-electron chi connectivity index (χ3n) is 6.03. The van der Waals surface area contributed by atoms with Crippen molar-refractivity contribution in [2.24, 2.45) is 9.98 Å². The van der Waals surface area contributed by atoms with Crippen LogP contribution >= 0.6 is 0 Å². The molecule has 0 unspecified atom stereocenters. The summed E-state index contributed by atoms with van der Waals surface area (Å²) in [5, 5.41) is 23.2. The molecule has 0 radical (unpaired) electrons. The van der Waals surface area contributed by atoms with Crippen LogP contribution in [0.2, 0.25) is 0 Å². The first-order chi connectivity index (χ1) is 16.4. The van der Waals surface area contributed by atoms with Crippen LogP contribution in [-0.4, -0.2) is 22.6 Å². The summed E-state index contributed by atoms with van der Waals surface area (Å²) in [4.78, 5) is 9.50. The summed E-state index contributed by atoms with van der Waals surface area (Å²) in [6.07, 6.45) is 4.95. The van der Waals surface area contributed by atoms with Crippen LogP contribution in [0.15, 0.2) is 70.6 Å². The fourth-order valence-corrected chi connectivity index (χ4v) is 4.30. The van der Waals surface area contributed by atoms with E-state index in [4.69, 9.17) is 9.98 Å². The predicted molar refractivity (Wildman–Crippen MR) is 143 cm³/mol. The molecule has 0 aromatic heterocycles. The molecule has 4 nitrogen and oxygen atoms in total. The zero-order valence-corrected chi connectivity index (χ0v) is 20.1. The maximum Gasteiger partial charge on any atom is 0.127 e. The van der Waals surface area contributed by atoms with E-state index in [2.05, 4.69) is 0 Å². The lowest BCUT2D eigenvalue weighted by molar-refractivity contribution is 0.467. The summed E-state index contributed by atoms with van der Waals surface area (Å²) in [5.41, 5.74) is 6.94. The van der Waals surface area contributed by atoms with Crippen LogP contribution in [0.25, 0.3) is 10.8 Å². The summed E-state index contributed by atoms with van der Waals surface area (Å²) in [5.74, 6) is 0.550. The molecule has 0 aliphatic carbocycles. The number of hydrogen-bond donors (Lipinski definition) is 2. The van der Waals surface area contributed by atoms with Crippen LogP contribution in [0.1, 0.15) is 47.2 Å². The molecule has 0 spiro atoms. The molecule has 0 heterocycles. The van der Waals surface area contributed by atoms with Crippen molar-refractivity contribution in [2.75, 3.05) is 0 Å². The molecular formula is C30H30N2O2. The molecule has 0 saturated heterocycles. The highest BCUT2D eigenvalue weighted by atomic mass is 16.3. The Balaban J connectivity index is 1.79. The first kappa shape index (κ1) is 23.2. The van der Waals surface area contributed by atoms with Crippen molar-refractivity contribution in [1.82, 2.24) is 0 Å². The number of phenols is 2. The Morgan fingerprint density at radius 1 is 0.676 bits per heavy atom. The normalized spacial score (nSPS) is 11.8. The lowest BCUT2D eigenvalue weighted by Gasteiger charge is -2.09. The van der Waals surface area contributed by atoms with E-state index in [9.17, 15) is 10.2 Å². The molecule has 172 valence electrons. The third-order valence-corrected chi connectivity index (χ3v) is 6.03. The van der Waals surface area contributed by atoms with Gasteiger partial charge in [0, 0.05) is 28.9 Å². The second-order valence-corrected chi connectivity index (χ2v) is 8.60. The van der Waals surface area contributed by atoms with Gasteiger partial charge in [-0.05, 0) is 78.6 Å². The molecule has 4 aromatic rings. The summed E-state index contributed by atoms with van der Waals surface area (Å²) < 4.78 is 0. The van der Waals surface area contributed by atoms with E-state index in [1.165, 1.54) is 0 Å². The van der Waals surface area contributed by atoms with Gasteiger partial charge in [0.25, 0.3) is 0 Å². The van der Waals surface area contributed by atoms with Gasteiger partial charge in [0.05, 0.1) is 11.4 Å². The first-order valence-corrected chi connectivity index (χ1v) is 11.7. The van der Waals surface area contributed by atoms with Gasteiger partial charge in [-0.25, -0.2) is 0 Å². The highest BCUT2D eigenvalue weighted by Crippen LogP contribution is 2.35. The van der Waals surface area contributed by atoms with Gasteiger partial charge in [-0.15, -0.1) is 0 Å². The number of aliphatic imine (C=N–C) groups is 2. The van der Waals surface area contributed by atoms with Crippen LogP contribution in [0.4, 0.5) is 11.4 Å². The minimum absolute atomic E-state index is 0.275. The molecule has 4 heteroatoms. The average Bonchev–Trinajstić information content (AvgIpc) is 2.84. The Hall–Kier alpha value is -3.92. The Labute approximate surface area is 201 Å². The van der Waals surface area contributed by atoms with Crippen LogP contribution in [0, 0.1) is 13.8 Å². The molecule has 0 saturated carbocycles. The van der Waals surface area contributed by atoms with Gasteiger partial charge >= 0.3 is 0 Å². The number of nitrogens with zero attached hydrogens (tertiary/aromatic N) is 2. The molecule has 0 amide bonds. The number of benzene rings is 4. The van der Waals surface area contributed by atoms with Gasteiger partial charge in [0.1, 0.15) is 11.5 Å². The van der Waals surface area contributed by atoms with E-state index >= 15 is 0 Å². The van der Waals surface area contributed by atoms with Crippen molar-refractivity contribution >= 4 is 34.6 Å². The predicted octanol–water partition coefficient (Wildman–Crippen LogP) is 7.49. The summed E-state index contributed by atoms with van der Waals surface area (Å²) in [6.45, 7) is 8.09. The van der Waals surface area contributed by atoms with Crippen molar-refractivity contribution in [3.63, 3.8) is 0 Å². The maximum absolute atomic E-state index is 10.6. The van der Waals surface area contributed by atoms with Gasteiger partial charge in [-0.3, -0.25) is 9.98 Å². The quantitative estimate of drug-likeness (QED) is 0.299. The number of phenolic OH excluding ortho intramolecular Hbond substituents is 2. The van der Waals surface area contributed by atoms with Crippen LogP contribution in [-0.2, 0) is 12.8 Å². The number of fused-ring (bicyclic) bond motifs is 1. The van der Waals surface area contributed by atoms with E-state index in [0.717, 1.165) is 57.2 Å². The lowest BCUT2D eigenvalue weighted by atomic mass is 10.0. The zero-order chi connectivity index (χ0) is 24.2. The molecule has 0 aliphatic rings. The Kier molecular flexibility index (Phi) is 6.78. The fourth-order valence-electron chi connectivity index (χ4n) is 4.30. The van der Waals surface area contributed by atoms with Gasteiger partial charge in [0.15, 0.2) is 0 Å². The second kappa shape index (κ2) is 9.92. The topological polar surface area (TPSA) is 65.2 Å². The molecule has 0 aliphatic heterocycles. The Morgan fingerprint density at radius 3 is 1.53 bits per heavy atom. The second-order valence-electron chi connectivity index (χ2n) is 8.60. The van der Waals surface area contributed by atoms with Crippen LogP contribution < -0.4 is 0 Å². The summed E-state index contributed by atoms with van der Waals surface area (Å²) >= 11 is 0. The minimum atomic E-state index is 0.275. The Bertz CT molecular complexity index is 1310. The number of aryl methyl sites for hydroxylation is 4. The van der Waals surface area contributed by atoms with Crippen LogP contribution in [0.5, 0.6) is 11.5 Å². The number of hydrogen-bond acceptors (Lipinski definition) is 4. The van der Waals surface area contributed by atoms with E-state index in [1.807, 2.05) is 88.4 Å². The molecule has 0 atom stereocenters. The molecule has 34 heavy (non-hydrogen) atoms. The lowest BCUT2D eigenvalue weighted by Crippen LogP contribution is -1.91. The third kappa shape index (κ3) is 4.72. The van der Waals surface area contributed by atoms with Gasteiger partial charge in [-0.2, -0.15) is 0 Å². The molecular weight excluding hydrogens is 420 g/mol. The van der Waals surface area contributed by atoms with E-state index in [1.54, 1.807) is 12.4 Å². The van der Waals surface area contributed by atoms with Crippen molar-refractivity contribution in [2.45, 2.75) is 40.5 Å². The van der Waals surface area contributed by atoms with Gasteiger partial charge in [-0.1, -0.05) is 50.2 Å². The molecule has 0 bridgehead atoms. The largest absolute Gasteiger partial charge is 0.507 e. The fraction of sp³-hybridized carbons (Fsp3) is 0.200. The number of aromatic hydroxyl groups is 2. The molecule has 4 rings (SSSR count). The van der Waals surface area contributed by atoms with Gasteiger partial charge in [0.2, 0.25) is 0 Å². The summed E-state index contributed by atoms with van der Waals surface area (Å²) in [6, 6.07) is 19.8. The van der Waals surface area contributed by atoms with E-state index in [0.29, 0.717) is 11.1 Å². The van der Waals surface area contributed by atoms with Crippen molar-refractivity contribution in [3.8, 4) is 11.5 Å². The molecule has 0 fully saturated rings. The highest BCUT2D eigenvalue weighted by Gasteiger charge is 2.09. The molecule has 4 aromatic carbocycles. The van der Waals surface area contributed by atoms with E-state index < -0.39 is 0 Å². The number of rotatable bonds is 6. The van der Waals surface area contributed by atoms with E-state index in [-0.39, 0.29) is 11.5 Å². The van der Waals surface area contributed by atoms with Crippen molar-refractivity contribution in [1.29, 1.82) is 0 Å². The van der Waals surface area contributed by atoms with Crippen molar-refractivity contribution < 1.29 is 10.2 Å². The summed E-state index contributed by atoms with van der Waals surface area (Å²) in [7, 11) is 0. The monoisotopic (exact) mass is 450 g/mol. The Morgan fingerprint density at radius 2 is 1.12 bits per heavy atom. The van der Waals surface area contributed by atoms with Crippen molar-refractivity contribution in [3.05, 3.63) is 94.0 Å². The first-order valence-electron chi connectivity index (χ1n) is 11.7. The van der Waals surface area contributed by atoms with Crippen LogP contribution in [0.3, 0.4) is 0 Å². The average molecular weight is 451 g/mol.